The van der Waals surface area contributed by atoms with Crippen LogP contribution in [0, 0.1) is 0 Å². The molecule has 5 rings (SSSR count). The van der Waals surface area contributed by atoms with Crippen LogP contribution in [0.4, 0.5) is 11.4 Å². The standard InChI is InChI=1S/C27H27N/c1-26(2)22-12-8-9-13-24(22)28(5)25-17-21-15-19-11-7-6-10-18(19)14-20(21)16-23(25)27(26,3)4/h6-17H,1-5H3. The van der Waals surface area contributed by atoms with Gasteiger partial charge in [-0.15, -0.1) is 0 Å². The van der Waals surface area contributed by atoms with Gasteiger partial charge in [-0.25, -0.2) is 0 Å². The van der Waals surface area contributed by atoms with Crippen molar-refractivity contribution >= 4 is 32.9 Å². The van der Waals surface area contributed by atoms with Crippen LogP contribution in [0.15, 0.2) is 72.8 Å². The van der Waals surface area contributed by atoms with Crippen LogP contribution in [0.1, 0.15) is 38.8 Å². The van der Waals surface area contributed by atoms with E-state index in [0.717, 1.165) is 0 Å². The van der Waals surface area contributed by atoms with Crippen molar-refractivity contribution in [2.45, 2.75) is 38.5 Å². The molecule has 0 bridgehead atoms. The van der Waals surface area contributed by atoms with Gasteiger partial charge in [0.25, 0.3) is 0 Å². The third-order valence-electron chi connectivity index (χ3n) is 7.36. The predicted octanol–water partition coefficient (Wildman–Crippen LogP) is 7.33. The fourth-order valence-electron chi connectivity index (χ4n) is 4.86. The van der Waals surface area contributed by atoms with Gasteiger partial charge in [0.1, 0.15) is 0 Å². The van der Waals surface area contributed by atoms with Crippen molar-refractivity contribution < 1.29 is 0 Å². The van der Waals surface area contributed by atoms with Crippen molar-refractivity contribution in [3.8, 4) is 0 Å². The number of hydrogen-bond acceptors (Lipinski definition) is 1. The average Bonchev–Trinajstić information content (AvgIpc) is 2.74. The lowest BCUT2D eigenvalue weighted by molar-refractivity contribution is 0.307. The van der Waals surface area contributed by atoms with Gasteiger partial charge < -0.3 is 4.90 Å². The Morgan fingerprint density at radius 1 is 0.536 bits per heavy atom. The summed E-state index contributed by atoms with van der Waals surface area (Å²) in [5, 5.41) is 5.22. The van der Waals surface area contributed by atoms with E-state index in [4.69, 9.17) is 0 Å². The van der Waals surface area contributed by atoms with Crippen molar-refractivity contribution in [1.29, 1.82) is 0 Å². The van der Waals surface area contributed by atoms with Crippen LogP contribution in [-0.4, -0.2) is 7.05 Å². The largest absolute Gasteiger partial charge is 0.344 e. The Labute approximate surface area is 167 Å². The minimum atomic E-state index is -0.0109. The number of para-hydroxylation sites is 1. The van der Waals surface area contributed by atoms with Gasteiger partial charge in [0.2, 0.25) is 0 Å². The summed E-state index contributed by atoms with van der Waals surface area (Å²) in [6.45, 7) is 9.57. The molecule has 0 amide bonds. The van der Waals surface area contributed by atoms with Crippen LogP contribution in [0.2, 0.25) is 0 Å². The summed E-state index contributed by atoms with van der Waals surface area (Å²) < 4.78 is 0. The quantitative estimate of drug-likeness (QED) is 0.295. The van der Waals surface area contributed by atoms with Gasteiger partial charge >= 0.3 is 0 Å². The van der Waals surface area contributed by atoms with Gasteiger partial charge in [-0.3, -0.25) is 0 Å². The Morgan fingerprint density at radius 3 is 1.75 bits per heavy atom. The predicted molar refractivity (Wildman–Crippen MR) is 122 cm³/mol. The first-order chi connectivity index (χ1) is 13.3. The summed E-state index contributed by atoms with van der Waals surface area (Å²) in [4.78, 5) is 2.38. The Kier molecular flexibility index (Phi) is 3.47. The molecule has 1 heterocycles. The molecule has 0 unspecified atom stereocenters. The maximum atomic E-state index is 2.43. The van der Waals surface area contributed by atoms with Crippen LogP contribution in [0.25, 0.3) is 21.5 Å². The Bertz CT molecular complexity index is 1230. The molecule has 1 heteroatoms. The number of benzene rings is 4. The molecule has 4 aromatic rings. The highest BCUT2D eigenvalue weighted by atomic mass is 15.1. The number of nitrogens with zero attached hydrogens (tertiary/aromatic N) is 1. The highest BCUT2D eigenvalue weighted by Gasteiger charge is 2.45. The zero-order valence-electron chi connectivity index (χ0n) is 17.4. The minimum absolute atomic E-state index is 0.00757. The smallest absolute Gasteiger partial charge is 0.0452 e. The number of hydrogen-bond donors (Lipinski definition) is 0. The van der Waals surface area contributed by atoms with E-state index in [1.165, 1.54) is 44.0 Å². The fourth-order valence-corrected chi connectivity index (χ4v) is 4.86. The third kappa shape index (κ3) is 2.19. The summed E-state index contributed by atoms with van der Waals surface area (Å²) in [6, 6.07) is 27.0. The van der Waals surface area contributed by atoms with Gasteiger partial charge in [-0.05, 0) is 63.0 Å². The first kappa shape index (κ1) is 17.3. The first-order valence-corrected chi connectivity index (χ1v) is 10.1. The molecule has 0 N–H and O–H groups in total. The van der Waals surface area contributed by atoms with E-state index in [1.807, 2.05) is 0 Å². The number of rotatable bonds is 0. The van der Waals surface area contributed by atoms with Gasteiger partial charge in [0, 0.05) is 29.3 Å². The van der Waals surface area contributed by atoms with E-state index in [1.54, 1.807) is 0 Å². The van der Waals surface area contributed by atoms with Gasteiger partial charge in [0.15, 0.2) is 0 Å². The lowest BCUT2D eigenvalue weighted by atomic mass is 9.61. The van der Waals surface area contributed by atoms with Crippen molar-refractivity contribution in [2.75, 3.05) is 11.9 Å². The lowest BCUT2D eigenvalue weighted by Gasteiger charge is -2.42. The molecule has 0 spiro atoms. The molecule has 140 valence electrons. The first-order valence-electron chi connectivity index (χ1n) is 10.1. The second-order valence-electron chi connectivity index (χ2n) is 9.24. The van der Waals surface area contributed by atoms with E-state index in [0.29, 0.717) is 0 Å². The molecule has 4 aromatic carbocycles. The van der Waals surface area contributed by atoms with E-state index >= 15 is 0 Å². The molecule has 1 aliphatic rings. The summed E-state index contributed by atoms with van der Waals surface area (Å²) in [7, 11) is 2.21. The van der Waals surface area contributed by atoms with Crippen LogP contribution in [0.3, 0.4) is 0 Å². The lowest BCUT2D eigenvalue weighted by Crippen LogP contribution is -2.39. The minimum Gasteiger partial charge on any atom is -0.344 e. The zero-order chi connectivity index (χ0) is 19.7. The van der Waals surface area contributed by atoms with E-state index in [2.05, 4.69) is 112 Å². The molecule has 1 nitrogen and oxygen atoms in total. The summed E-state index contributed by atoms with van der Waals surface area (Å²) in [5.74, 6) is 0. The maximum absolute atomic E-state index is 2.43. The van der Waals surface area contributed by atoms with Gasteiger partial charge in [0.05, 0.1) is 0 Å². The number of anilines is 2. The fraction of sp³-hybridized carbons (Fsp3) is 0.259. The summed E-state index contributed by atoms with van der Waals surface area (Å²) >= 11 is 0. The summed E-state index contributed by atoms with van der Waals surface area (Å²) in [6.07, 6.45) is 0. The SMILES string of the molecule is CN1c2ccccc2C(C)(C)C(C)(C)c2cc3cc4ccccc4cc3cc21. The van der Waals surface area contributed by atoms with Crippen LogP contribution < -0.4 is 4.90 Å². The highest BCUT2D eigenvalue weighted by molar-refractivity contribution is 6.00. The average molecular weight is 366 g/mol. The topological polar surface area (TPSA) is 3.24 Å². The maximum Gasteiger partial charge on any atom is 0.0452 e. The highest BCUT2D eigenvalue weighted by Crippen LogP contribution is 2.53. The molecular formula is C27H27N. The zero-order valence-corrected chi connectivity index (χ0v) is 17.4. The molecule has 0 saturated carbocycles. The molecule has 0 fully saturated rings. The second kappa shape index (κ2) is 5.61. The molecular weight excluding hydrogens is 338 g/mol. The second-order valence-corrected chi connectivity index (χ2v) is 9.24. The van der Waals surface area contributed by atoms with Gasteiger partial charge in [-0.2, -0.15) is 0 Å². The van der Waals surface area contributed by atoms with Crippen molar-refractivity contribution in [1.82, 2.24) is 0 Å². The molecule has 0 aliphatic carbocycles. The normalized spacial score (nSPS) is 17.2. The van der Waals surface area contributed by atoms with E-state index in [9.17, 15) is 0 Å². The molecule has 1 aliphatic heterocycles. The van der Waals surface area contributed by atoms with E-state index in [-0.39, 0.29) is 10.8 Å². The molecule has 0 atom stereocenters. The van der Waals surface area contributed by atoms with Crippen molar-refractivity contribution in [3.05, 3.63) is 83.9 Å². The molecule has 0 radical (unpaired) electrons. The van der Waals surface area contributed by atoms with Crippen LogP contribution >= 0.6 is 0 Å². The molecule has 0 aromatic heterocycles. The molecule has 0 saturated heterocycles. The van der Waals surface area contributed by atoms with Crippen LogP contribution in [0.5, 0.6) is 0 Å². The van der Waals surface area contributed by atoms with Crippen LogP contribution in [-0.2, 0) is 10.8 Å². The van der Waals surface area contributed by atoms with Crippen molar-refractivity contribution in [2.24, 2.45) is 0 Å². The van der Waals surface area contributed by atoms with E-state index < -0.39 is 0 Å². The Morgan fingerprint density at radius 2 is 1.07 bits per heavy atom. The monoisotopic (exact) mass is 365 g/mol. The van der Waals surface area contributed by atoms with Crippen molar-refractivity contribution in [3.63, 3.8) is 0 Å². The Hall–Kier alpha value is -2.80. The Balaban J connectivity index is 1.89. The third-order valence-corrected chi connectivity index (χ3v) is 7.36. The number of fused-ring (bicyclic) bond motifs is 4. The summed E-state index contributed by atoms with van der Waals surface area (Å²) in [5.41, 5.74) is 5.44. The molecule has 28 heavy (non-hydrogen) atoms. The van der Waals surface area contributed by atoms with Gasteiger partial charge in [-0.1, -0.05) is 70.2 Å².